The first kappa shape index (κ1) is 14.2. The predicted octanol–water partition coefficient (Wildman–Crippen LogP) is 5.01. The molecule has 0 spiro atoms. The normalized spacial score (nSPS) is 9.73. The minimum atomic E-state index is 0. The number of hydrogen-bond donors (Lipinski definition) is 0. The maximum Gasteiger partial charge on any atom is -0.0276 e. The largest absolute Gasteiger partial charge is 0.0776 e. The molecule has 0 aliphatic rings. The topological polar surface area (TPSA) is 0 Å². The minimum Gasteiger partial charge on any atom is -0.0776 e. The van der Waals surface area contributed by atoms with Crippen molar-refractivity contribution < 1.29 is 0 Å². The Bertz CT molecular complexity index is 250. The van der Waals surface area contributed by atoms with Gasteiger partial charge in [-0.2, -0.15) is 0 Å². The lowest BCUT2D eigenvalue weighted by atomic mass is 9.99. The SMILES string of the molecule is C.CCCCCCc1ccccc1CC. The van der Waals surface area contributed by atoms with E-state index in [1.54, 1.807) is 5.56 Å². The molecule has 0 aromatic heterocycles. The second-order valence-corrected chi connectivity index (χ2v) is 3.93. The van der Waals surface area contributed by atoms with Gasteiger partial charge in [0, 0.05) is 0 Å². The Morgan fingerprint density at radius 3 is 2.13 bits per heavy atom. The third-order valence-electron chi connectivity index (χ3n) is 2.80. The van der Waals surface area contributed by atoms with Crippen molar-refractivity contribution in [2.45, 2.75) is 59.8 Å². The zero-order chi connectivity index (χ0) is 10.2. The van der Waals surface area contributed by atoms with Crippen LogP contribution in [0.4, 0.5) is 0 Å². The molecule has 0 fully saturated rings. The highest BCUT2D eigenvalue weighted by atomic mass is 14.0. The summed E-state index contributed by atoms with van der Waals surface area (Å²) in [5, 5.41) is 0. The van der Waals surface area contributed by atoms with Crippen molar-refractivity contribution >= 4 is 0 Å². The molecule has 0 aliphatic heterocycles. The van der Waals surface area contributed by atoms with Crippen LogP contribution in [0.2, 0.25) is 0 Å². The van der Waals surface area contributed by atoms with E-state index in [1.807, 2.05) is 0 Å². The summed E-state index contributed by atoms with van der Waals surface area (Å²) >= 11 is 0. The van der Waals surface area contributed by atoms with E-state index in [0.717, 1.165) is 0 Å². The molecule has 0 saturated carbocycles. The molecule has 0 heterocycles. The van der Waals surface area contributed by atoms with Crippen LogP contribution in [-0.2, 0) is 12.8 Å². The van der Waals surface area contributed by atoms with Gasteiger partial charge in [0.1, 0.15) is 0 Å². The quantitative estimate of drug-likeness (QED) is 0.574. The Morgan fingerprint density at radius 2 is 1.53 bits per heavy atom. The first-order valence-electron chi connectivity index (χ1n) is 5.95. The fraction of sp³-hybridized carbons (Fsp3) is 0.600. The van der Waals surface area contributed by atoms with Gasteiger partial charge in [-0.15, -0.1) is 0 Å². The first-order chi connectivity index (χ1) is 6.88. The molecule has 0 saturated heterocycles. The molecule has 0 heteroatoms. The van der Waals surface area contributed by atoms with Gasteiger partial charge in [0.25, 0.3) is 0 Å². The fourth-order valence-corrected chi connectivity index (χ4v) is 1.89. The highest BCUT2D eigenvalue weighted by Crippen LogP contribution is 2.13. The summed E-state index contributed by atoms with van der Waals surface area (Å²) in [6.45, 7) is 4.50. The molecule has 0 radical (unpaired) electrons. The summed E-state index contributed by atoms with van der Waals surface area (Å²) in [5.74, 6) is 0. The van der Waals surface area contributed by atoms with Crippen molar-refractivity contribution in [3.63, 3.8) is 0 Å². The Hall–Kier alpha value is -0.780. The summed E-state index contributed by atoms with van der Waals surface area (Å²) in [6, 6.07) is 8.85. The van der Waals surface area contributed by atoms with Crippen molar-refractivity contribution in [3.05, 3.63) is 35.4 Å². The smallest absolute Gasteiger partial charge is 0.0276 e. The third-order valence-corrected chi connectivity index (χ3v) is 2.80. The van der Waals surface area contributed by atoms with E-state index in [0.29, 0.717) is 0 Å². The van der Waals surface area contributed by atoms with Gasteiger partial charge in [0.15, 0.2) is 0 Å². The van der Waals surface area contributed by atoms with E-state index < -0.39 is 0 Å². The molecule has 0 amide bonds. The van der Waals surface area contributed by atoms with Gasteiger partial charge in [-0.3, -0.25) is 0 Å². The third kappa shape index (κ3) is 5.01. The van der Waals surface area contributed by atoms with Crippen molar-refractivity contribution in [1.29, 1.82) is 0 Å². The zero-order valence-electron chi connectivity index (χ0n) is 9.55. The van der Waals surface area contributed by atoms with Gasteiger partial charge in [-0.25, -0.2) is 0 Å². The molecule has 0 atom stereocenters. The Balaban J connectivity index is 0.00000196. The number of unbranched alkanes of at least 4 members (excludes halogenated alkanes) is 3. The monoisotopic (exact) mass is 206 g/mol. The van der Waals surface area contributed by atoms with Crippen LogP contribution in [0.5, 0.6) is 0 Å². The molecule has 15 heavy (non-hydrogen) atoms. The summed E-state index contributed by atoms with van der Waals surface area (Å²) < 4.78 is 0. The molecule has 0 N–H and O–H groups in total. The van der Waals surface area contributed by atoms with Crippen LogP contribution in [0.3, 0.4) is 0 Å². The lowest BCUT2D eigenvalue weighted by molar-refractivity contribution is 0.665. The van der Waals surface area contributed by atoms with Crippen LogP contribution < -0.4 is 0 Å². The van der Waals surface area contributed by atoms with Crippen LogP contribution in [0.1, 0.15) is 58.1 Å². The Labute approximate surface area is 95.7 Å². The fourth-order valence-electron chi connectivity index (χ4n) is 1.89. The maximum absolute atomic E-state index is 2.28. The summed E-state index contributed by atoms with van der Waals surface area (Å²) in [7, 11) is 0. The standard InChI is InChI=1S/C14H22.CH4/c1-3-5-6-7-11-14-12-9-8-10-13(14)4-2;/h8-10,12H,3-7,11H2,1-2H3;1H4. The molecule has 0 aliphatic carbocycles. The van der Waals surface area contributed by atoms with Crippen molar-refractivity contribution in [2.75, 3.05) is 0 Å². The number of aryl methyl sites for hydroxylation is 2. The number of benzene rings is 1. The van der Waals surface area contributed by atoms with Crippen LogP contribution in [0.15, 0.2) is 24.3 Å². The van der Waals surface area contributed by atoms with Gasteiger partial charge >= 0.3 is 0 Å². The van der Waals surface area contributed by atoms with Gasteiger partial charge in [-0.1, -0.05) is 64.8 Å². The lowest BCUT2D eigenvalue weighted by Gasteiger charge is -2.06. The van der Waals surface area contributed by atoms with Crippen LogP contribution in [0.25, 0.3) is 0 Å². The predicted molar refractivity (Wildman–Crippen MR) is 70.4 cm³/mol. The van der Waals surface area contributed by atoms with Gasteiger partial charge in [-0.05, 0) is 30.4 Å². The summed E-state index contributed by atoms with van der Waals surface area (Å²) in [6.07, 6.45) is 7.89. The van der Waals surface area contributed by atoms with E-state index in [4.69, 9.17) is 0 Å². The van der Waals surface area contributed by atoms with Crippen molar-refractivity contribution in [2.24, 2.45) is 0 Å². The average Bonchev–Trinajstić information content (AvgIpc) is 2.25. The second-order valence-electron chi connectivity index (χ2n) is 3.93. The number of rotatable bonds is 6. The molecule has 1 rings (SSSR count). The molecule has 0 nitrogen and oxygen atoms in total. The molecule has 1 aromatic rings. The molecule has 1 aromatic carbocycles. The Morgan fingerprint density at radius 1 is 0.867 bits per heavy atom. The first-order valence-corrected chi connectivity index (χ1v) is 5.95. The molecular formula is C15H26. The van der Waals surface area contributed by atoms with E-state index in [1.165, 1.54) is 44.1 Å². The van der Waals surface area contributed by atoms with Crippen LogP contribution in [-0.4, -0.2) is 0 Å². The number of hydrogen-bond acceptors (Lipinski definition) is 0. The maximum atomic E-state index is 2.28. The lowest BCUT2D eigenvalue weighted by Crippen LogP contribution is -1.92. The Kier molecular flexibility index (Phi) is 8.08. The van der Waals surface area contributed by atoms with Gasteiger partial charge in [0.2, 0.25) is 0 Å². The molecular weight excluding hydrogens is 180 g/mol. The van der Waals surface area contributed by atoms with Crippen LogP contribution >= 0.6 is 0 Å². The van der Waals surface area contributed by atoms with E-state index in [2.05, 4.69) is 38.1 Å². The molecule has 0 bridgehead atoms. The summed E-state index contributed by atoms with van der Waals surface area (Å²) in [4.78, 5) is 0. The van der Waals surface area contributed by atoms with Crippen LogP contribution in [0, 0.1) is 0 Å². The van der Waals surface area contributed by atoms with Crippen molar-refractivity contribution in [1.82, 2.24) is 0 Å². The van der Waals surface area contributed by atoms with Gasteiger partial charge in [0.05, 0.1) is 0 Å². The second kappa shape index (κ2) is 8.52. The zero-order valence-corrected chi connectivity index (χ0v) is 9.55. The van der Waals surface area contributed by atoms with E-state index >= 15 is 0 Å². The van der Waals surface area contributed by atoms with E-state index in [-0.39, 0.29) is 7.43 Å². The highest BCUT2D eigenvalue weighted by Gasteiger charge is 1.98. The molecule has 86 valence electrons. The highest BCUT2D eigenvalue weighted by molar-refractivity contribution is 5.26. The average molecular weight is 206 g/mol. The minimum absolute atomic E-state index is 0. The van der Waals surface area contributed by atoms with Crippen molar-refractivity contribution in [3.8, 4) is 0 Å². The molecule has 0 unspecified atom stereocenters. The summed E-state index contributed by atoms with van der Waals surface area (Å²) in [5.41, 5.74) is 3.09. The van der Waals surface area contributed by atoms with Gasteiger partial charge < -0.3 is 0 Å². The van der Waals surface area contributed by atoms with E-state index in [9.17, 15) is 0 Å².